The van der Waals surface area contributed by atoms with Crippen LogP contribution in [0.25, 0.3) is 0 Å². The van der Waals surface area contributed by atoms with Crippen molar-refractivity contribution < 1.29 is 90.0 Å². The molecule has 15 heteroatoms. The summed E-state index contributed by atoms with van der Waals surface area (Å²) in [5.74, 6) is -2.84. The van der Waals surface area contributed by atoms with E-state index in [1.807, 2.05) is 0 Å². The molecule has 0 aliphatic heterocycles. The molecule has 0 heterocycles. The van der Waals surface area contributed by atoms with Crippen LogP contribution in [0.4, 0.5) is 0 Å². The smallest absolute Gasteiger partial charge is 1.00 e. The van der Waals surface area contributed by atoms with Crippen molar-refractivity contribution >= 4 is 20.7 Å². The van der Waals surface area contributed by atoms with Gasteiger partial charge in [-0.05, 0) is 0 Å². The van der Waals surface area contributed by atoms with Crippen LogP contribution in [-0.4, -0.2) is 80.9 Å². The minimum Gasteiger partial charge on any atom is -1.00 e. The number of carbonyl (C=O) groups is 1. The van der Waals surface area contributed by atoms with Gasteiger partial charge in [-0.25, -0.2) is 0 Å². The predicted octanol–water partition coefficient (Wildman–Crippen LogP) is -7.25. The molecular formula is C6H15NaO12P2. The first-order valence-corrected chi connectivity index (χ1v) is 8.06. The zero-order chi connectivity index (χ0) is 16.5. The first-order valence-electron chi connectivity index (χ1n) is 4.76. The van der Waals surface area contributed by atoms with Crippen LogP contribution >= 0.6 is 15.2 Å². The fourth-order valence-corrected chi connectivity index (χ4v) is 2.15. The molecule has 1 unspecified atom stereocenters. The van der Waals surface area contributed by atoms with Crippen molar-refractivity contribution in [2.45, 2.75) is 30.3 Å². The standard InChI is InChI=1S/C6H14O12P2.Na.H/c7-1(3(9)5(11)19(13,14)15)2(8)4(10)6(12)20(16,17)18;;/h1-5,7-11H,(H2,13,14,15)(H2,16,17,18);;/q;+1;-1/t1-,2-,3-,4+,5?;;/m0../s1. The van der Waals surface area contributed by atoms with Crippen molar-refractivity contribution in [2.24, 2.45) is 0 Å². The Bertz CT molecular complexity index is 449. The molecule has 5 atom stereocenters. The molecule has 0 aliphatic carbocycles. The molecule has 0 spiro atoms. The van der Waals surface area contributed by atoms with E-state index in [-0.39, 0.29) is 31.0 Å². The number of hydrogen-bond donors (Lipinski definition) is 9. The van der Waals surface area contributed by atoms with Crippen LogP contribution in [0.15, 0.2) is 0 Å². The summed E-state index contributed by atoms with van der Waals surface area (Å²) < 4.78 is 21.1. The van der Waals surface area contributed by atoms with Crippen molar-refractivity contribution in [3.8, 4) is 0 Å². The van der Waals surface area contributed by atoms with Gasteiger partial charge >= 0.3 is 44.7 Å². The number of hydrogen-bond acceptors (Lipinski definition) is 8. The second-order valence-electron chi connectivity index (χ2n) is 3.80. The van der Waals surface area contributed by atoms with Gasteiger partial charge in [0.05, 0.1) is 0 Å². The zero-order valence-electron chi connectivity index (χ0n) is 11.5. The number of rotatable bonds is 7. The summed E-state index contributed by atoms with van der Waals surface area (Å²) >= 11 is 0. The summed E-state index contributed by atoms with van der Waals surface area (Å²) in [6, 6.07) is 0. The fourth-order valence-electron chi connectivity index (χ4n) is 1.08. The Hall–Kier alpha value is 0.770. The van der Waals surface area contributed by atoms with E-state index in [9.17, 15) is 24.1 Å². The summed E-state index contributed by atoms with van der Waals surface area (Å²) in [7, 11) is -10.7. The molecular weight excluding hydrogens is 349 g/mol. The molecule has 21 heavy (non-hydrogen) atoms. The van der Waals surface area contributed by atoms with E-state index in [4.69, 9.17) is 34.9 Å². The third-order valence-electron chi connectivity index (χ3n) is 2.21. The molecule has 0 aromatic carbocycles. The van der Waals surface area contributed by atoms with Gasteiger partial charge < -0.3 is 46.5 Å². The van der Waals surface area contributed by atoms with E-state index in [2.05, 4.69) is 0 Å². The Morgan fingerprint density at radius 2 is 1.19 bits per heavy atom. The minimum atomic E-state index is -5.45. The normalized spacial score (nSPS) is 19.9. The molecule has 0 rings (SSSR count). The van der Waals surface area contributed by atoms with Gasteiger partial charge in [-0.3, -0.25) is 13.9 Å². The average Bonchev–Trinajstić information content (AvgIpc) is 2.30. The van der Waals surface area contributed by atoms with Gasteiger partial charge in [0.15, 0.2) is 11.9 Å². The van der Waals surface area contributed by atoms with Crippen LogP contribution in [0.2, 0.25) is 0 Å². The van der Waals surface area contributed by atoms with Crippen LogP contribution in [-0.2, 0) is 13.9 Å². The van der Waals surface area contributed by atoms with Gasteiger partial charge in [-0.15, -0.1) is 0 Å². The van der Waals surface area contributed by atoms with E-state index in [0.717, 1.165) is 0 Å². The number of carbonyl (C=O) groups excluding carboxylic acids is 1. The summed E-state index contributed by atoms with van der Waals surface area (Å²) in [5.41, 5.74) is -2.18. The van der Waals surface area contributed by atoms with Crippen molar-refractivity contribution in [2.75, 3.05) is 0 Å². The van der Waals surface area contributed by atoms with Gasteiger partial charge in [-0.2, -0.15) is 0 Å². The van der Waals surface area contributed by atoms with Gasteiger partial charge in [-0.1, -0.05) is 0 Å². The van der Waals surface area contributed by atoms with Crippen molar-refractivity contribution in [1.82, 2.24) is 0 Å². The molecule has 122 valence electrons. The second-order valence-corrected chi connectivity index (χ2v) is 7.04. The fraction of sp³-hybridized carbons (Fsp3) is 0.833. The van der Waals surface area contributed by atoms with Crippen molar-refractivity contribution in [1.29, 1.82) is 0 Å². The predicted molar refractivity (Wildman–Crippen MR) is 60.2 cm³/mol. The Morgan fingerprint density at radius 3 is 1.48 bits per heavy atom. The molecule has 0 bridgehead atoms. The van der Waals surface area contributed by atoms with Crippen LogP contribution in [0.5, 0.6) is 0 Å². The third kappa shape index (κ3) is 6.81. The maximum Gasteiger partial charge on any atom is 1.00 e. The minimum absolute atomic E-state index is 0. The van der Waals surface area contributed by atoms with Crippen molar-refractivity contribution in [3.05, 3.63) is 0 Å². The van der Waals surface area contributed by atoms with Gasteiger partial charge in [0, 0.05) is 0 Å². The summed E-state index contributed by atoms with van der Waals surface area (Å²) in [4.78, 5) is 44.8. The van der Waals surface area contributed by atoms with E-state index in [1.54, 1.807) is 0 Å². The summed E-state index contributed by atoms with van der Waals surface area (Å²) in [6.45, 7) is 0. The van der Waals surface area contributed by atoms with Crippen LogP contribution in [0, 0.1) is 0 Å². The van der Waals surface area contributed by atoms with E-state index < -0.39 is 51.0 Å². The topological polar surface area (TPSA) is 233 Å². The molecule has 0 aliphatic rings. The van der Waals surface area contributed by atoms with Gasteiger partial charge in [0.1, 0.15) is 18.3 Å². The van der Waals surface area contributed by atoms with E-state index in [1.165, 1.54) is 0 Å². The largest absolute Gasteiger partial charge is 1.00 e. The Balaban J connectivity index is -0.00000180. The van der Waals surface area contributed by atoms with Crippen LogP contribution in [0.1, 0.15) is 1.43 Å². The molecule has 0 aromatic rings. The molecule has 0 saturated carbocycles. The molecule has 0 amide bonds. The van der Waals surface area contributed by atoms with Gasteiger partial charge in [0.2, 0.25) is 0 Å². The summed E-state index contributed by atoms with van der Waals surface area (Å²) in [6.07, 6.45) is -10.9. The Kier molecular flexibility index (Phi) is 9.81. The maximum atomic E-state index is 10.9. The zero-order valence-corrected chi connectivity index (χ0v) is 14.3. The quantitative estimate of drug-likeness (QED) is 0.151. The third-order valence-corrected chi connectivity index (χ3v) is 4.05. The van der Waals surface area contributed by atoms with Gasteiger partial charge in [0.25, 0.3) is 5.52 Å². The van der Waals surface area contributed by atoms with Crippen molar-refractivity contribution in [3.63, 3.8) is 0 Å². The second kappa shape index (κ2) is 8.57. The van der Waals surface area contributed by atoms with Crippen LogP contribution < -0.4 is 29.6 Å². The van der Waals surface area contributed by atoms with E-state index in [0.29, 0.717) is 0 Å². The molecule has 0 radical (unpaired) electrons. The average molecular weight is 364 g/mol. The monoisotopic (exact) mass is 364 g/mol. The molecule has 12 nitrogen and oxygen atoms in total. The Morgan fingerprint density at radius 1 is 0.810 bits per heavy atom. The number of aliphatic hydroxyl groups excluding tert-OH is 5. The van der Waals surface area contributed by atoms with Crippen LogP contribution in [0.3, 0.4) is 0 Å². The number of aliphatic hydroxyl groups is 5. The first-order chi connectivity index (χ1) is 8.71. The molecule has 0 aromatic heterocycles. The first kappa shape index (κ1) is 24.0. The molecule has 0 saturated heterocycles. The molecule has 0 fully saturated rings. The maximum absolute atomic E-state index is 10.9. The SMILES string of the molecule is O=C([C@H](O)[C@@H](O)[C@H](O)[C@H](O)C(O)P(=O)(O)O)P(=O)(O)O.[H-].[Na+]. The Labute approximate surface area is 141 Å². The summed E-state index contributed by atoms with van der Waals surface area (Å²) in [5, 5.41) is 45.6. The van der Waals surface area contributed by atoms with E-state index >= 15 is 0 Å². The molecule has 9 N–H and O–H groups in total.